The Morgan fingerprint density at radius 2 is 2.00 bits per heavy atom. The van der Waals surface area contributed by atoms with Crippen molar-refractivity contribution in [2.75, 3.05) is 11.9 Å². The predicted molar refractivity (Wildman–Crippen MR) is 71.8 cm³/mol. The average molecular weight is 290 g/mol. The first kappa shape index (κ1) is 14.0. The largest absolute Gasteiger partial charge is 0.356 e. The highest BCUT2D eigenvalue weighted by atomic mass is 79.9. The van der Waals surface area contributed by atoms with Gasteiger partial charge in [0.05, 0.1) is 0 Å². The van der Waals surface area contributed by atoms with Crippen LogP contribution in [-0.4, -0.2) is 17.8 Å². The lowest BCUT2D eigenvalue weighted by Crippen LogP contribution is -2.34. The Morgan fingerprint density at radius 1 is 1.38 bits per heavy atom. The van der Waals surface area contributed by atoms with E-state index in [0.717, 1.165) is 24.7 Å². The van der Waals surface area contributed by atoms with E-state index < -0.39 is 0 Å². The molecule has 0 aromatic rings. The quantitative estimate of drug-likeness (QED) is 0.745. The van der Waals surface area contributed by atoms with E-state index in [1.54, 1.807) is 0 Å². The number of halogens is 1. The SMILES string of the molecule is CC(C)(CCBr)CNC(=O)CC1CCCC1. The third-order valence-corrected chi connectivity index (χ3v) is 3.88. The normalized spacial score (nSPS) is 17.7. The Morgan fingerprint density at radius 3 is 2.56 bits per heavy atom. The van der Waals surface area contributed by atoms with E-state index in [2.05, 4.69) is 35.1 Å². The second kappa shape index (κ2) is 6.63. The molecule has 1 aliphatic rings. The molecule has 1 amide bonds. The van der Waals surface area contributed by atoms with E-state index in [4.69, 9.17) is 0 Å². The Bertz CT molecular complexity index is 222. The number of rotatable bonds is 6. The van der Waals surface area contributed by atoms with Gasteiger partial charge in [0.15, 0.2) is 0 Å². The van der Waals surface area contributed by atoms with Gasteiger partial charge in [-0.1, -0.05) is 42.6 Å². The van der Waals surface area contributed by atoms with Gasteiger partial charge < -0.3 is 5.32 Å². The minimum absolute atomic E-state index is 0.203. The molecule has 1 saturated carbocycles. The topological polar surface area (TPSA) is 29.1 Å². The summed E-state index contributed by atoms with van der Waals surface area (Å²) in [5.74, 6) is 0.897. The molecule has 0 heterocycles. The van der Waals surface area contributed by atoms with E-state index in [9.17, 15) is 4.79 Å². The van der Waals surface area contributed by atoms with Crippen molar-refractivity contribution >= 4 is 21.8 Å². The van der Waals surface area contributed by atoms with Crippen LogP contribution in [0.25, 0.3) is 0 Å². The summed E-state index contributed by atoms with van der Waals surface area (Å²) in [6.45, 7) is 5.19. The van der Waals surface area contributed by atoms with Crippen LogP contribution in [-0.2, 0) is 4.79 Å². The highest BCUT2D eigenvalue weighted by Crippen LogP contribution is 2.27. The molecular formula is C13H24BrNO. The Kier molecular flexibility index (Phi) is 5.81. The maximum Gasteiger partial charge on any atom is 0.220 e. The molecule has 0 unspecified atom stereocenters. The molecule has 0 aromatic carbocycles. The molecular weight excluding hydrogens is 266 g/mol. The number of alkyl halides is 1. The van der Waals surface area contributed by atoms with Gasteiger partial charge in [0.2, 0.25) is 5.91 Å². The number of nitrogens with one attached hydrogen (secondary N) is 1. The molecule has 0 atom stereocenters. The average Bonchev–Trinajstić information content (AvgIpc) is 2.68. The van der Waals surface area contributed by atoms with Crippen LogP contribution in [0.15, 0.2) is 0 Å². The molecule has 1 aliphatic carbocycles. The minimum atomic E-state index is 0.203. The van der Waals surface area contributed by atoms with Gasteiger partial charge in [-0.3, -0.25) is 4.79 Å². The van der Waals surface area contributed by atoms with Crippen molar-refractivity contribution in [3.8, 4) is 0 Å². The standard InChI is InChI=1S/C13H24BrNO/c1-13(2,7-8-14)10-15-12(16)9-11-5-3-4-6-11/h11H,3-10H2,1-2H3,(H,15,16). The molecule has 94 valence electrons. The van der Waals surface area contributed by atoms with Crippen LogP contribution < -0.4 is 5.32 Å². The Labute approximate surface area is 108 Å². The first-order valence-corrected chi connectivity index (χ1v) is 7.48. The lowest BCUT2D eigenvalue weighted by Gasteiger charge is -2.24. The van der Waals surface area contributed by atoms with Crippen molar-refractivity contribution in [1.29, 1.82) is 0 Å². The van der Waals surface area contributed by atoms with Crippen molar-refractivity contribution in [2.45, 2.75) is 52.4 Å². The summed E-state index contributed by atoms with van der Waals surface area (Å²) in [6, 6.07) is 0. The Hall–Kier alpha value is -0.0500. The molecule has 1 N–H and O–H groups in total. The second-order valence-corrected chi connectivity index (χ2v) is 6.53. The maximum atomic E-state index is 11.7. The van der Waals surface area contributed by atoms with Crippen LogP contribution in [0.4, 0.5) is 0 Å². The summed E-state index contributed by atoms with van der Waals surface area (Å²) in [6.07, 6.45) is 6.96. The third-order valence-electron chi connectivity index (χ3n) is 3.48. The van der Waals surface area contributed by atoms with Gasteiger partial charge in [0.1, 0.15) is 0 Å². The van der Waals surface area contributed by atoms with Crippen LogP contribution >= 0.6 is 15.9 Å². The van der Waals surface area contributed by atoms with Gasteiger partial charge in [-0.05, 0) is 30.6 Å². The van der Waals surface area contributed by atoms with Gasteiger partial charge in [0.25, 0.3) is 0 Å². The fourth-order valence-corrected chi connectivity index (χ4v) is 3.30. The first-order valence-electron chi connectivity index (χ1n) is 6.36. The number of amides is 1. The zero-order valence-corrected chi connectivity index (χ0v) is 12.1. The molecule has 0 aromatic heterocycles. The molecule has 1 rings (SSSR count). The zero-order chi connectivity index (χ0) is 12.0. The maximum absolute atomic E-state index is 11.7. The van der Waals surface area contributed by atoms with Crippen molar-refractivity contribution in [3.05, 3.63) is 0 Å². The number of hydrogen-bond donors (Lipinski definition) is 1. The van der Waals surface area contributed by atoms with Gasteiger partial charge in [-0.25, -0.2) is 0 Å². The predicted octanol–water partition coefficient (Wildman–Crippen LogP) is 3.49. The lowest BCUT2D eigenvalue weighted by molar-refractivity contribution is -0.122. The molecule has 0 bridgehead atoms. The van der Waals surface area contributed by atoms with E-state index in [1.807, 2.05) is 0 Å². The second-order valence-electron chi connectivity index (χ2n) is 5.73. The fourth-order valence-electron chi connectivity index (χ4n) is 2.23. The summed E-state index contributed by atoms with van der Waals surface area (Å²) in [4.78, 5) is 11.7. The molecule has 1 fully saturated rings. The zero-order valence-electron chi connectivity index (χ0n) is 10.5. The number of carbonyl (C=O) groups is 1. The van der Waals surface area contributed by atoms with Crippen molar-refractivity contribution < 1.29 is 4.79 Å². The van der Waals surface area contributed by atoms with E-state index in [-0.39, 0.29) is 11.3 Å². The number of carbonyl (C=O) groups excluding carboxylic acids is 1. The van der Waals surface area contributed by atoms with Crippen LogP contribution in [0.3, 0.4) is 0 Å². The summed E-state index contributed by atoms with van der Waals surface area (Å²) in [7, 11) is 0. The molecule has 3 heteroatoms. The molecule has 0 saturated heterocycles. The molecule has 2 nitrogen and oxygen atoms in total. The van der Waals surface area contributed by atoms with Crippen LogP contribution in [0, 0.1) is 11.3 Å². The van der Waals surface area contributed by atoms with E-state index >= 15 is 0 Å². The Balaban J connectivity index is 2.18. The summed E-state index contributed by atoms with van der Waals surface area (Å²) in [5.41, 5.74) is 0.203. The molecule has 0 aliphatic heterocycles. The minimum Gasteiger partial charge on any atom is -0.356 e. The van der Waals surface area contributed by atoms with Gasteiger partial charge in [-0.15, -0.1) is 0 Å². The van der Waals surface area contributed by atoms with Crippen LogP contribution in [0.5, 0.6) is 0 Å². The molecule has 0 radical (unpaired) electrons. The van der Waals surface area contributed by atoms with E-state index in [0.29, 0.717) is 5.92 Å². The monoisotopic (exact) mass is 289 g/mol. The van der Waals surface area contributed by atoms with Crippen molar-refractivity contribution in [1.82, 2.24) is 5.32 Å². The highest BCUT2D eigenvalue weighted by Gasteiger charge is 2.21. The summed E-state index contributed by atoms with van der Waals surface area (Å²) in [5, 5.41) is 4.07. The summed E-state index contributed by atoms with van der Waals surface area (Å²) < 4.78 is 0. The third kappa shape index (κ3) is 5.33. The lowest BCUT2D eigenvalue weighted by atomic mass is 9.90. The van der Waals surface area contributed by atoms with Crippen LogP contribution in [0.2, 0.25) is 0 Å². The first-order chi connectivity index (χ1) is 7.53. The van der Waals surface area contributed by atoms with Crippen LogP contribution in [0.1, 0.15) is 52.4 Å². The van der Waals surface area contributed by atoms with E-state index in [1.165, 1.54) is 25.7 Å². The van der Waals surface area contributed by atoms with Crippen molar-refractivity contribution in [3.63, 3.8) is 0 Å². The highest BCUT2D eigenvalue weighted by molar-refractivity contribution is 9.09. The smallest absolute Gasteiger partial charge is 0.220 e. The fraction of sp³-hybridized carbons (Fsp3) is 0.923. The molecule has 0 spiro atoms. The number of hydrogen-bond acceptors (Lipinski definition) is 1. The van der Waals surface area contributed by atoms with Gasteiger partial charge in [0, 0.05) is 18.3 Å². The van der Waals surface area contributed by atoms with Gasteiger partial charge >= 0.3 is 0 Å². The summed E-state index contributed by atoms with van der Waals surface area (Å²) >= 11 is 3.45. The van der Waals surface area contributed by atoms with Gasteiger partial charge in [-0.2, -0.15) is 0 Å². The molecule has 16 heavy (non-hydrogen) atoms. The van der Waals surface area contributed by atoms with Crippen molar-refractivity contribution in [2.24, 2.45) is 11.3 Å².